The van der Waals surface area contributed by atoms with Crippen LogP contribution in [0.4, 0.5) is 0 Å². The Morgan fingerprint density at radius 3 is 2.00 bits per heavy atom. The molecule has 0 amide bonds. The van der Waals surface area contributed by atoms with E-state index in [1.807, 2.05) is 13.8 Å². The molecular weight excluding hydrogens is 186 g/mol. The lowest BCUT2D eigenvalue weighted by atomic mass is 9.83. The molecule has 0 heterocycles. The molecule has 0 fully saturated rings. The number of hydrogen-bond acceptors (Lipinski definition) is 3. The summed E-state index contributed by atoms with van der Waals surface area (Å²) in [7, 11) is 0. The van der Waals surface area contributed by atoms with Crippen LogP contribution in [0.25, 0.3) is 0 Å². The lowest BCUT2D eigenvalue weighted by Gasteiger charge is -2.17. The molecule has 0 saturated heterocycles. The van der Waals surface area contributed by atoms with Crippen LogP contribution in [0, 0.1) is 22.7 Å². The third-order valence-electron chi connectivity index (χ3n) is 2.02. The standard InChI is InChI=1S/C9H13NO4/c1-6(2)3-4-9(5-10,7(11)12)8(13)14/h6H,3-4H2,1-2H3,(H,11,12)(H,13,14). The molecule has 0 aliphatic heterocycles. The van der Waals surface area contributed by atoms with E-state index >= 15 is 0 Å². The highest BCUT2D eigenvalue weighted by Crippen LogP contribution is 2.26. The smallest absolute Gasteiger partial charge is 0.335 e. The molecule has 2 N–H and O–H groups in total. The molecule has 0 rings (SSSR count). The number of carbonyl (C=O) groups is 2. The number of rotatable bonds is 5. The van der Waals surface area contributed by atoms with E-state index in [1.165, 1.54) is 6.07 Å². The second kappa shape index (κ2) is 4.61. The summed E-state index contributed by atoms with van der Waals surface area (Å²) in [6, 6.07) is 1.37. The predicted octanol–water partition coefficient (Wildman–Crippen LogP) is 1.10. The Bertz CT molecular complexity index is 263. The first-order valence-corrected chi connectivity index (χ1v) is 4.25. The molecule has 0 aliphatic carbocycles. The lowest BCUT2D eigenvalue weighted by molar-refractivity contribution is -0.160. The molecule has 0 aromatic heterocycles. The predicted molar refractivity (Wildman–Crippen MR) is 47.4 cm³/mol. The van der Waals surface area contributed by atoms with Gasteiger partial charge in [0.15, 0.2) is 0 Å². The van der Waals surface area contributed by atoms with Gasteiger partial charge in [-0.15, -0.1) is 0 Å². The maximum atomic E-state index is 10.7. The number of carboxylic acids is 2. The van der Waals surface area contributed by atoms with Crippen LogP contribution in [0.3, 0.4) is 0 Å². The number of nitriles is 1. The fourth-order valence-electron chi connectivity index (χ4n) is 0.962. The van der Waals surface area contributed by atoms with E-state index in [4.69, 9.17) is 15.5 Å². The van der Waals surface area contributed by atoms with Crippen molar-refractivity contribution in [3.63, 3.8) is 0 Å². The third-order valence-corrected chi connectivity index (χ3v) is 2.02. The van der Waals surface area contributed by atoms with E-state index in [-0.39, 0.29) is 12.3 Å². The number of hydrogen-bond donors (Lipinski definition) is 2. The number of nitrogens with zero attached hydrogens (tertiary/aromatic N) is 1. The summed E-state index contributed by atoms with van der Waals surface area (Å²) in [4.78, 5) is 21.4. The summed E-state index contributed by atoms with van der Waals surface area (Å²) in [6.45, 7) is 3.68. The summed E-state index contributed by atoms with van der Waals surface area (Å²) in [6.07, 6.45) is 0.234. The van der Waals surface area contributed by atoms with Gasteiger partial charge < -0.3 is 10.2 Å². The Hall–Kier alpha value is -1.57. The minimum absolute atomic E-state index is 0.161. The van der Waals surface area contributed by atoms with Crippen LogP contribution < -0.4 is 0 Å². The molecule has 5 heteroatoms. The normalized spacial score (nSPS) is 11.0. The van der Waals surface area contributed by atoms with Gasteiger partial charge in [0, 0.05) is 0 Å². The fourth-order valence-corrected chi connectivity index (χ4v) is 0.962. The third kappa shape index (κ3) is 2.46. The molecule has 0 saturated carbocycles. The Morgan fingerprint density at radius 2 is 1.79 bits per heavy atom. The van der Waals surface area contributed by atoms with E-state index < -0.39 is 17.4 Å². The summed E-state index contributed by atoms with van der Waals surface area (Å²) in [5.74, 6) is -3.01. The Morgan fingerprint density at radius 1 is 1.36 bits per heavy atom. The highest BCUT2D eigenvalue weighted by molar-refractivity contribution is 6.01. The zero-order valence-electron chi connectivity index (χ0n) is 8.15. The van der Waals surface area contributed by atoms with Gasteiger partial charge in [-0.1, -0.05) is 13.8 Å². The van der Waals surface area contributed by atoms with Gasteiger partial charge in [0.2, 0.25) is 5.41 Å². The zero-order chi connectivity index (χ0) is 11.4. The summed E-state index contributed by atoms with van der Waals surface area (Å²) in [5.41, 5.74) is -2.29. The van der Waals surface area contributed by atoms with Crippen LogP contribution >= 0.6 is 0 Å². The summed E-state index contributed by atoms with van der Waals surface area (Å²) < 4.78 is 0. The molecule has 14 heavy (non-hydrogen) atoms. The summed E-state index contributed by atoms with van der Waals surface area (Å²) in [5, 5.41) is 26.0. The van der Waals surface area contributed by atoms with Gasteiger partial charge in [-0.3, -0.25) is 0 Å². The van der Waals surface area contributed by atoms with E-state index in [2.05, 4.69) is 0 Å². The van der Waals surface area contributed by atoms with Gasteiger partial charge in [0.1, 0.15) is 0 Å². The highest BCUT2D eigenvalue weighted by atomic mass is 16.4. The second-order valence-corrected chi connectivity index (χ2v) is 3.56. The van der Waals surface area contributed by atoms with Crippen molar-refractivity contribution in [3.05, 3.63) is 0 Å². The van der Waals surface area contributed by atoms with Gasteiger partial charge in [0.25, 0.3) is 0 Å². The molecule has 0 radical (unpaired) electrons. The van der Waals surface area contributed by atoms with Crippen molar-refractivity contribution >= 4 is 11.9 Å². The largest absolute Gasteiger partial charge is 0.480 e. The fraction of sp³-hybridized carbons (Fsp3) is 0.667. The zero-order valence-corrected chi connectivity index (χ0v) is 8.15. The van der Waals surface area contributed by atoms with Crippen LogP contribution in [0.5, 0.6) is 0 Å². The van der Waals surface area contributed by atoms with Crippen LogP contribution in [0.2, 0.25) is 0 Å². The first-order valence-electron chi connectivity index (χ1n) is 4.25. The SMILES string of the molecule is CC(C)CCC(C#N)(C(=O)O)C(=O)O. The van der Waals surface area contributed by atoms with E-state index in [0.29, 0.717) is 6.42 Å². The average Bonchev–Trinajstić information content (AvgIpc) is 2.04. The average molecular weight is 199 g/mol. The van der Waals surface area contributed by atoms with Crippen molar-refractivity contribution < 1.29 is 19.8 Å². The van der Waals surface area contributed by atoms with Crippen LogP contribution in [0.1, 0.15) is 26.7 Å². The quantitative estimate of drug-likeness (QED) is 0.646. The minimum Gasteiger partial charge on any atom is -0.480 e. The van der Waals surface area contributed by atoms with Crippen molar-refractivity contribution in [1.82, 2.24) is 0 Å². The van der Waals surface area contributed by atoms with Gasteiger partial charge >= 0.3 is 11.9 Å². The van der Waals surface area contributed by atoms with Crippen molar-refractivity contribution in [1.29, 1.82) is 5.26 Å². The van der Waals surface area contributed by atoms with Gasteiger partial charge in [0.05, 0.1) is 6.07 Å². The van der Waals surface area contributed by atoms with Gasteiger partial charge in [-0.2, -0.15) is 5.26 Å². The van der Waals surface area contributed by atoms with Crippen molar-refractivity contribution in [2.75, 3.05) is 0 Å². The molecule has 0 aromatic carbocycles. The van der Waals surface area contributed by atoms with Crippen LogP contribution in [0.15, 0.2) is 0 Å². The maximum absolute atomic E-state index is 10.7. The van der Waals surface area contributed by atoms with Crippen LogP contribution in [-0.4, -0.2) is 22.2 Å². The van der Waals surface area contributed by atoms with E-state index in [0.717, 1.165) is 0 Å². The number of carboxylic acid groups (broad SMARTS) is 2. The van der Waals surface area contributed by atoms with Crippen LogP contribution in [-0.2, 0) is 9.59 Å². The Kier molecular flexibility index (Phi) is 4.09. The molecule has 0 unspecified atom stereocenters. The molecular formula is C9H13NO4. The topological polar surface area (TPSA) is 98.4 Å². The van der Waals surface area contributed by atoms with E-state index in [1.54, 1.807) is 0 Å². The monoisotopic (exact) mass is 199 g/mol. The highest BCUT2D eigenvalue weighted by Gasteiger charge is 2.46. The maximum Gasteiger partial charge on any atom is 0.335 e. The molecule has 5 nitrogen and oxygen atoms in total. The van der Waals surface area contributed by atoms with E-state index in [9.17, 15) is 9.59 Å². The lowest BCUT2D eigenvalue weighted by Crippen LogP contribution is -2.38. The van der Waals surface area contributed by atoms with Gasteiger partial charge in [-0.25, -0.2) is 9.59 Å². The molecule has 0 aromatic rings. The molecule has 78 valence electrons. The number of aliphatic carboxylic acids is 2. The van der Waals surface area contributed by atoms with Crippen molar-refractivity contribution in [2.24, 2.45) is 11.3 Å². The van der Waals surface area contributed by atoms with Crippen molar-refractivity contribution in [2.45, 2.75) is 26.7 Å². The molecule has 0 bridgehead atoms. The first kappa shape index (κ1) is 12.4. The molecule has 0 atom stereocenters. The Labute approximate surface area is 82.0 Å². The second-order valence-electron chi connectivity index (χ2n) is 3.56. The van der Waals surface area contributed by atoms with Gasteiger partial charge in [-0.05, 0) is 18.8 Å². The minimum atomic E-state index is -2.29. The molecule has 0 aliphatic rings. The Balaban J connectivity index is 4.81. The summed E-state index contributed by atoms with van der Waals surface area (Å²) >= 11 is 0. The first-order chi connectivity index (χ1) is 6.36. The van der Waals surface area contributed by atoms with Crippen molar-refractivity contribution in [3.8, 4) is 6.07 Å². The molecule has 0 spiro atoms.